The number of thioether (sulfide) groups is 1. The summed E-state index contributed by atoms with van der Waals surface area (Å²) < 4.78 is 6.42. The Kier molecular flexibility index (Phi) is 6.11. The van der Waals surface area contributed by atoms with Crippen LogP contribution >= 0.6 is 11.8 Å². The molecular formula is C19H22N2O4S. The minimum atomic E-state index is -0.352. The SMILES string of the molecule is COC(=O)c1ccc(CSc2nc(=O)n(CCCO)c3c2CCC3)cc1. The number of esters is 1. The number of hydrogen-bond acceptors (Lipinski definition) is 6. The van der Waals surface area contributed by atoms with E-state index >= 15 is 0 Å². The molecule has 0 saturated carbocycles. The number of aromatic nitrogens is 2. The van der Waals surface area contributed by atoms with Gasteiger partial charge in [0.05, 0.1) is 12.7 Å². The quantitative estimate of drug-likeness (QED) is 0.455. The summed E-state index contributed by atoms with van der Waals surface area (Å²) in [5, 5.41) is 9.84. The van der Waals surface area contributed by atoms with Gasteiger partial charge >= 0.3 is 11.7 Å². The molecule has 138 valence electrons. The summed E-state index contributed by atoms with van der Waals surface area (Å²) in [6, 6.07) is 7.27. The zero-order valence-electron chi connectivity index (χ0n) is 14.7. The van der Waals surface area contributed by atoms with Gasteiger partial charge in [0.2, 0.25) is 0 Å². The highest BCUT2D eigenvalue weighted by Gasteiger charge is 2.21. The van der Waals surface area contributed by atoms with Crippen molar-refractivity contribution >= 4 is 17.7 Å². The average molecular weight is 374 g/mol. The van der Waals surface area contributed by atoms with Crippen LogP contribution in [0.15, 0.2) is 34.1 Å². The van der Waals surface area contributed by atoms with E-state index in [2.05, 4.69) is 4.98 Å². The van der Waals surface area contributed by atoms with E-state index in [1.165, 1.54) is 12.7 Å². The number of hydrogen-bond donors (Lipinski definition) is 1. The molecule has 1 heterocycles. The molecule has 1 aliphatic rings. The number of carbonyl (C=O) groups excluding carboxylic acids is 1. The first kappa shape index (κ1) is 18.7. The highest BCUT2D eigenvalue weighted by atomic mass is 32.2. The van der Waals surface area contributed by atoms with Crippen molar-refractivity contribution in [2.45, 2.75) is 43.0 Å². The van der Waals surface area contributed by atoms with Crippen LogP contribution in [0.1, 0.15) is 40.0 Å². The molecule has 0 radical (unpaired) electrons. The third kappa shape index (κ3) is 3.99. The summed E-state index contributed by atoms with van der Waals surface area (Å²) >= 11 is 1.56. The van der Waals surface area contributed by atoms with Crippen molar-refractivity contribution in [1.82, 2.24) is 9.55 Å². The van der Waals surface area contributed by atoms with E-state index in [4.69, 9.17) is 9.84 Å². The maximum absolute atomic E-state index is 12.4. The van der Waals surface area contributed by atoms with Crippen molar-refractivity contribution in [3.63, 3.8) is 0 Å². The Morgan fingerprint density at radius 2 is 2.08 bits per heavy atom. The van der Waals surface area contributed by atoms with Crippen LogP contribution < -0.4 is 5.69 Å². The molecule has 1 N–H and O–H groups in total. The number of nitrogens with zero attached hydrogens (tertiary/aromatic N) is 2. The van der Waals surface area contributed by atoms with Gasteiger partial charge in [-0.1, -0.05) is 12.1 Å². The Labute approximate surface area is 156 Å². The molecule has 1 aliphatic carbocycles. The van der Waals surface area contributed by atoms with Crippen LogP contribution in [0.2, 0.25) is 0 Å². The number of rotatable bonds is 7. The molecule has 0 bridgehead atoms. The first-order valence-corrected chi connectivity index (χ1v) is 9.66. The number of carbonyl (C=O) groups is 1. The van der Waals surface area contributed by atoms with Gasteiger partial charge in [0.1, 0.15) is 5.03 Å². The van der Waals surface area contributed by atoms with Crippen molar-refractivity contribution in [3.05, 3.63) is 57.1 Å². The van der Waals surface area contributed by atoms with Crippen molar-refractivity contribution in [1.29, 1.82) is 0 Å². The third-order valence-corrected chi connectivity index (χ3v) is 5.58. The Hall–Kier alpha value is -2.12. The number of benzene rings is 1. The number of fused-ring (bicyclic) bond motifs is 1. The van der Waals surface area contributed by atoms with E-state index in [0.717, 1.165) is 35.5 Å². The van der Waals surface area contributed by atoms with E-state index < -0.39 is 0 Å². The molecule has 0 saturated heterocycles. The summed E-state index contributed by atoms with van der Waals surface area (Å²) in [4.78, 5) is 28.1. The van der Waals surface area contributed by atoms with Crippen molar-refractivity contribution in [2.75, 3.05) is 13.7 Å². The van der Waals surface area contributed by atoms with Crippen LogP contribution in [-0.4, -0.2) is 34.3 Å². The molecule has 0 atom stereocenters. The fourth-order valence-electron chi connectivity index (χ4n) is 3.17. The van der Waals surface area contributed by atoms with Crippen LogP contribution in [0.4, 0.5) is 0 Å². The molecule has 26 heavy (non-hydrogen) atoms. The Bertz CT molecular complexity index is 846. The lowest BCUT2D eigenvalue weighted by atomic mass is 10.1. The van der Waals surface area contributed by atoms with Crippen LogP contribution in [-0.2, 0) is 29.9 Å². The number of aliphatic hydroxyl groups is 1. The van der Waals surface area contributed by atoms with E-state index in [9.17, 15) is 9.59 Å². The summed E-state index contributed by atoms with van der Waals surface area (Å²) in [5.74, 6) is 0.330. The maximum atomic E-state index is 12.4. The molecule has 0 fully saturated rings. The molecule has 6 nitrogen and oxygen atoms in total. The van der Waals surface area contributed by atoms with Gasteiger partial charge in [-0.15, -0.1) is 11.8 Å². The van der Waals surface area contributed by atoms with E-state index in [1.807, 2.05) is 12.1 Å². The van der Waals surface area contributed by atoms with Gasteiger partial charge in [-0.05, 0) is 43.4 Å². The largest absolute Gasteiger partial charge is 0.465 e. The molecule has 7 heteroatoms. The highest BCUT2D eigenvalue weighted by Crippen LogP contribution is 2.31. The van der Waals surface area contributed by atoms with E-state index in [0.29, 0.717) is 24.3 Å². The third-order valence-electron chi connectivity index (χ3n) is 4.49. The second-order valence-electron chi connectivity index (χ2n) is 6.18. The minimum absolute atomic E-state index is 0.0687. The molecule has 0 aliphatic heterocycles. The molecule has 0 amide bonds. The first-order valence-electron chi connectivity index (χ1n) is 8.67. The summed E-state index contributed by atoms with van der Waals surface area (Å²) in [6.45, 7) is 0.587. The lowest BCUT2D eigenvalue weighted by molar-refractivity contribution is 0.0600. The topological polar surface area (TPSA) is 81.4 Å². The van der Waals surface area contributed by atoms with Crippen molar-refractivity contribution in [2.24, 2.45) is 0 Å². The van der Waals surface area contributed by atoms with Crippen LogP contribution in [0, 0.1) is 0 Å². The maximum Gasteiger partial charge on any atom is 0.348 e. The van der Waals surface area contributed by atoms with Crippen LogP contribution in [0.5, 0.6) is 0 Å². The molecular weight excluding hydrogens is 352 g/mol. The molecule has 0 spiro atoms. The Morgan fingerprint density at radius 1 is 1.31 bits per heavy atom. The van der Waals surface area contributed by atoms with Gasteiger partial charge in [0.15, 0.2) is 0 Å². The van der Waals surface area contributed by atoms with Gasteiger partial charge < -0.3 is 9.84 Å². The van der Waals surface area contributed by atoms with Crippen molar-refractivity contribution < 1.29 is 14.6 Å². The summed E-state index contributed by atoms with van der Waals surface area (Å²) in [5.41, 5.74) is 3.58. The Morgan fingerprint density at radius 3 is 2.77 bits per heavy atom. The molecule has 1 aromatic carbocycles. The molecule has 1 aromatic heterocycles. The normalized spacial score (nSPS) is 12.8. The first-order chi connectivity index (χ1) is 12.6. The standard InChI is InChI=1S/C19H22N2O4S/c1-25-18(23)14-8-6-13(7-9-14)12-26-17-15-4-2-5-16(15)21(10-3-11-22)19(24)20-17/h6-9,22H,2-5,10-12H2,1H3. The van der Waals surface area contributed by atoms with E-state index in [-0.39, 0.29) is 18.3 Å². The number of ether oxygens (including phenoxy) is 1. The predicted octanol–water partition coefficient (Wildman–Crippen LogP) is 2.19. The van der Waals surface area contributed by atoms with Crippen LogP contribution in [0.25, 0.3) is 0 Å². The van der Waals surface area contributed by atoms with E-state index in [1.54, 1.807) is 28.5 Å². The van der Waals surface area contributed by atoms with Gasteiger partial charge in [-0.3, -0.25) is 4.57 Å². The lowest BCUT2D eigenvalue weighted by Crippen LogP contribution is -2.27. The van der Waals surface area contributed by atoms with Gasteiger partial charge in [-0.25, -0.2) is 9.59 Å². The monoisotopic (exact) mass is 374 g/mol. The molecule has 3 rings (SSSR count). The Balaban J connectivity index is 1.76. The van der Waals surface area contributed by atoms with Crippen LogP contribution in [0.3, 0.4) is 0 Å². The summed E-state index contributed by atoms with van der Waals surface area (Å²) in [6.07, 6.45) is 3.42. The molecule has 0 unspecified atom stereocenters. The number of methoxy groups -OCH3 is 1. The highest BCUT2D eigenvalue weighted by molar-refractivity contribution is 7.98. The zero-order valence-corrected chi connectivity index (χ0v) is 15.6. The smallest absolute Gasteiger partial charge is 0.348 e. The second-order valence-corrected chi connectivity index (χ2v) is 7.15. The second kappa shape index (κ2) is 8.51. The van der Waals surface area contributed by atoms with Gasteiger partial charge in [-0.2, -0.15) is 4.98 Å². The number of aliphatic hydroxyl groups excluding tert-OH is 1. The fourth-order valence-corrected chi connectivity index (χ4v) is 4.20. The lowest BCUT2D eigenvalue weighted by Gasteiger charge is -2.13. The van der Waals surface area contributed by atoms with Gasteiger partial charge in [0.25, 0.3) is 0 Å². The fraction of sp³-hybridized carbons (Fsp3) is 0.421. The molecule has 2 aromatic rings. The summed E-state index contributed by atoms with van der Waals surface area (Å²) in [7, 11) is 1.36. The zero-order chi connectivity index (χ0) is 18.5. The average Bonchev–Trinajstić information content (AvgIpc) is 3.15. The predicted molar refractivity (Wildman–Crippen MR) is 99.6 cm³/mol. The minimum Gasteiger partial charge on any atom is -0.465 e. The van der Waals surface area contributed by atoms with Crippen molar-refractivity contribution in [3.8, 4) is 0 Å². The van der Waals surface area contributed by atoms with Gasteiger partial charge in [0, 0.05) is 30.2 Å².